The first kappa shape index (κ1) is 13.9. The normalized spacial score (nSPS) is 13.9. The SMILES string of the molecule is Cc1cnc2nc(C(=O)NC(C)C(C)C(=O)O)nn2c1. The average molecular weight is 277 g/mol. The van der Waals surface area contributed by atoms with Crippen LogP contribution in [-0.4, -0.2) is 42.6 Å². The van der Waals surface area contributed by atoms with Crippen LogP contribution in [0.5, 0.6) is 0 Å². The number of fused-ring (bicyclic) bond motifs is 1. The van der Waals surface area contributed by atoms with Crippen molar-refractivity contribution in [3.8, 4) is 0 Å². The van der Waals surface area contributed by atoms with Gasteiger partial charge in [-0.1, -0.05) is 0 Å². The van der Waals surface area contributed by atoms with Crippen molar-refractivity contribution in [3.63, 3.8) is 0 Å². The number of rotatable bonds is 4. The Labute approximate surface area is 114 Å². The van der Waals surface area contributed by atoms with E-state index in [0.717, 1.165) is 5.56 Å². The van der Waals surface area contributed by atoms with Gasteiger partial charge in [-0.3, -0.25) is 9.59 Å². The molecule has 2 aromatic rings. The zero-order valence-corrected chi connectivity index (χ0v) is 11.4. The van der Waals surface area contributed by atoms with Crippen LogP contribution in [0.15, 0.2) is 12.4 Å². The minimum Gasteiger partial charge on any atom is -0.481 e. The van der Waals surface area contributed by atoms with Crippen molar-refractivity contribution in [2.45, 2.75) is 26.8 Å². The third-order valence-corrected chi connectivity index (χ3v) is 3.02. The second-order valence-electron chi connectivity index (χ2n) is 4.70. The number of carboxylic acids is 1. The fourth-order valence-corrected chi connectivity index (χ4v) is 1.58. The van der Waals surface area contributed by atoms with E-state index in [1.54, 1.807) is 19.3 Å². The molecule has 2 heterocycles. The molecule has 0 radical (unpaired) electrons. The van der Waals surface area contributed by atoms with Crippen LogP contribution in [0.1, 0.15) is 30.0 Å². The summed E-state index contributed by atoms with van der Waals surface area (Å²) in [5.74, 6) is -1.91. The lowest BCUT2D eigenvalue weighted by Gasteiger charge is -2.16. The molecular formula is C12H15N5O3. The van der Waals surface area contributed by atoms with Crippen molar-refractivity contribution >= 4 is 17.7 Å². The summed E-state index contributed by atoms with van der Waals surface area (Å²) in [6.45, 7) is 4.99. The van der Waals surface area contributed by atoms with Gasteiger partial charge in [0.2, 0.25) is 5.82 Å². The number of nitrogens with one attached hydrogen (secondary N) is 1. The number of carbonyl (C=O) groups excluding carboxylic acids is 1. The molecule has 0 saturated carbocycles. The zero-order chi connectivity index (χ0) is 14.9. The number of carbonyl (C=O) groups is 2. The molecule has 20 heavy (non-hydrogen) atoms. The van der Waals surface area contributed by atoms with Gasteiger partial charge in [-0.2, -0.15) is 4.98 Å². The Bertz CT molecular complexity index is 666. The van der Waals surface area contributed by atoms with E-state index in [0.29, 0.717) is 5.78 Å². The van der Waals surface area contributed by atoms with Gasteiger partial charge in [-0.25, -0.2) is 9.50 Å². The second-order valence-corrected chi connectivity index (χ2v) is 4.70. The number of carboxylic acid groups (broad SMARTS) is 1. The molecule has 2 aromatic heterocycles. The zero-order valence-electron chi connectivity index (χ0n) is 11.4. The summed E-state index contributed by atoms with van der Waals surface area (Å²) >= 11 is 0. The van der Waals surface area contributed by atoms with Crippen LogP contribution in [0, 0.1) is 12.8 Å². The van der Waals surface area contributed by atoms with E-state index in [1.165, 1.54) is 11.4 Å². The molecular weight excluding hydrogens is 262 g/mol. The molecule has 0 aliphatic rings. The highest BCUT2D eigenvalue weighted by atomic mass is 16.4. The molecule has 0 spiro atoms. The molecule has 0 aliphatic carbocycles. The van der Waals surface area contributed by atoms with Crippen LogP contribution in [0.25, 0.3) is 5.78 Å². The van der Waals surface area contributed by atoms with Gasteiger partial charge in [0.15, 0.2) is 0 Å². The number of aromatic nitrogens is 4. The van der Waals surface area contributed by atoms with Crippen molar-refractivity contribution in [3.05, 3.63) is 23.8 Å². The third kappa shape index (κ3) is 2.73. The lowest BCUT2D eigenvalue weighted by molar-refractivity contribution is -0.141. The summed E-state index contributed by atoms with van der Waals surface area (Å²) in [6, 6.07) is -0.527. The van der Waals surface area contributed by atoms with Crippen molar-refractivity contribution < 1.29 is 14.7 Å². The Kier molecular flexibility index (Phi) is 3.64. The molecule has 0 bridgehead atoms. The molecule has 0 aromatic carbocycles. The fraction of sp³-hybridized carbons (Fsp3) is 0.417. The van der Waals surface area contributed by atoms with Crippen molar-refractivity contribution in [1.29, 1.82) is 0 Å². The maximum absolute atomic E-state index is 12.0. The van der Waals surface area contributed by atoms with Gasteiger partial charge < -0.3 is 10.4 Å². The van der Waals surface area contributed by atoms with E-state index in [4.69, 9.17) is 5.11 Å². The van der Waals surface area contributed by atoms with E-state index in [-0.39, 0.29) is 5.82 Å². The number of amides is 1. The summed E-state index contributed by atoms with van der Waals surface area (Å²) in [5.41, 5.74) is 0.891. The Morgan fingerprint density at radius 3 is 2.75 bits per heavy atom. The number of hydrogen-bond donors (Lipinski definition) is 2. The van der Waals surface area contributed by atoms with Gasteiger partial charge in [0.25, 0.3) is 11.7 Å². The van der Waals surface area contributed by atoms with Gasteiger partial charge in [0, 0.05) is 18.4 Å². The fourth-order valence-electron chi connectivity index (χ4n) is 1.58. The van der Waals surface area contributed by atoms with Gasteiger partial charge in [0.05, 0.1) is 5.92 Å². The first-order valence-electron chi connectivity index (χ1n) is 6.11. The lowest BCUT2D eigenvalue weighted by atomic mass is 10.0. The molecule has 106 valence electrons. The smallest absolute Gasteiger partial charge is 0.308 e. The highest BCUT2D eigenvalue weighted by Crippen LogP contribution is 2.05. The third-order valence-electron chi connectivity index (χ3n) is 3.02. The Balaban J connectivity index is 2.17. The summed E-state index contributed by atoms with van der Waals surface area (Å²) < 4.78 is 1.41. The van der Waals surface area contributed by atoms with Crippen LogP contribution in [-0.2, 0) is 4.79 Å². The first-order valence-corrected chi connectivity index (χ1v) is 6.11. The molecule has 8 nitrogen and oxygen atoms in total. The molecule has 1 amide bonds. The highest BCUT2D eigenvalue weighted by molar-refractivity contribution is 5.91. The van der Waals surface area contributed by atoms with E-state index in [1.807, 2.05) is 6.92 Å². The average Bonchev–Trinajstić information content (AvgIpc) is 2.80. The maximum Gasteiger partial charge on any atom is 0.308 e. The van der Waals surface area contributed by atoms with E-state index < -0.39 is 23.8 Å². The Morgan fingerprint density at radius 1 is 1.40 bits per heavy atom. The van der Waals surface area contributed by atoms with E-state index in [9.17, 15) is 9.59 Å². The molecule has 2 unspecified atom stereocenters. The summed E-state index contributed by atoms with van der Waals surface area (Å²) in [7, 11) is 0. The van der Waals surface area contributed by atoms with Gasteiger partial charge in [-0.15, -0.1) is 5.10 Å². The van der Waals surface area contributed by atoms with Crippen LogP contribution < -0.4 is 5.32 Å². The molecule has 0 aliphatic heterocycles. The molecule has 8 heteroatoms. The van der Waals surface area contributed by atoms with E-state index >= 15 is 0 Å². The summed E-state index contributed by atoms with van der Waals surface area (Å²) in [5, 5.41) is 15.5. The monoisotopic (exact) mass is 277 g/mol. The number of aryl methyl sites for hydroxylation is 1. The molecule has 0 fully saturated rings. The van der Waals surface area contributed by atoms with Crippen molar-refractivity contribution in [2.24, 2.45) is 5.92 Å². The quantitative estimate of drug-likeness (QED) is 0.830. The predicted octanol–water partition coefficient (Wildman–Crippen LogP) is 0.272. The molecule has 2 atom stereocenters. The Hall–Kier alpha value is -2.51. The van der Waals surface area contributed by atoms with Crippen molar-refractivity contribution in [2.75, 3.05) is 0 Å². The van der Waals surface area contributed by atoms with E-state index in [2.05, 4.69) is 20.4 Å². The van der Waals surface area contributed by atoms with Crippen molar-refractivity contribution in [1.82, 2.24) is 24.9 Å². The van der Waals surface area contributed by atoms with Gasteiger partial charge in [0.1, 0.15) is 0 Å². The number of hydrogen-bond acceptors (Lipinski definition) is 5. The minimum atomic E-state index is -0.974. The summed E-state index contributed by atoms with van der Waals surface area (Å²) in [6.07, 6.45) is 3.33. The first-order chi connectivity index (χ1) is 9.38. The van der Waals surface area contributed by atoms with Crippen LogP contribution >= 0.6 is 0 Å². The van der Waals surface area contributed by atoms with Crippen LogP contribution in [0.3, 0.4) is 0 Å². The van der Waals surface area contributed by atoms with Gasteiger partial charge >= 0.3 is 5.97 Å². The largest absolute Gasteiger partial charge is 0.481 e. The summed E-state index contributed by atoms with van der Waals surface area (Å²) in [4.78, 5) is 30.8. The topological polar surface area (TPSA) is 109 Å². The minimum absolute atomic E-state index is 0.0347. The highest BCUT2D eigenvalue weighted by Gasteiger charge is 2.23. The number of aliphatic carboxylic acids is 1. The molecule has 2 rings (SSSR count). The molecule has 2 N–H and O–H groups in total. The lowest BCUT2D eigenvalue weighted by Crippen LogP contribution is -2.40. The number of nitrogens with zero attached hydrogens (tertiary/aromatic N) is 4. The standard InChI is InChI=1S/C12H15N5O3/c1-6-4-13-12-15-9(16-17(12)5-6)10(18)14-8(3)7(2)11(19)20/h4-5,7-8H,1-3H3,(H,14,18)(H,19,20). The molecule has 0 saturated heterocycles. The maximum atomic E-state index is 12.0. The predicted molar refractivity (Wildman–Crippen MR) is 69.2 cm³/mol. The van der Waals surface area contributed by atoms with Crippen LogP contribution in [0.4, 0.5) is 0 Å². The second kappa shape index (κ2) is 5.24. The Morgan fingerprint density at radius 2 is 2.10 bits per heavy atom. The van der Waals surface area contributed by atoms with Gasteiger partial charge in [-0.05, 0) is 26.3 Å². The van der Waals surface area contributed by atoms with Crippen LogP contribution in [0.2, 0.25) is 0 Å².